The Labute approximate surface area is 106 Å². The van der Waals surface area contributed by atoms with Crippen LogP contribution in [0.25, 0.3) is 0 Å². The summed E-state index contributed by atoms with van der Waals surface area (Å²) in [6, 6.07) is 3.63. The number of nitrogens with zero attached hydrogens (tertiary/aromatic N) is 3. The van der Waals surface area contributed by atoms with Crippen LogP contribution in [0.15, 0.2) is 17.3 Å². The number of aromatic nitrogens is 1. The number of amidine groups is 1. The van der Waals surface area contributed by atoms with Gasteiger partial charge in [-0.15, -0.1) is 0 Å². The number of aryl methyl sites for hydroxylation is 1. The molecule has 1 aliphatic rings. The molecule has 4 N–H and O–H groups in total. The molecule has 1 saturated heterocycles. The zero-order valence-corrected chi connectivity index (χ0v) is 10.4. The van der Waals surface area contributed by atoms with E-state index in [1.165, 1.54) is 0 Å². The molecule has 0 saturated carbocycles. The van der Waals surface area contributed by atoms with Gasteiger partial charge < -0.3 is 20.9 Å². The van der Waals surface area contributed by atoms with Gasteiger partial charge in [0.25, 0.3) is 0 Å². The van der Waals surface area contributed by atoms with Crippen molar-refractivity contribution in [2.24, 2.45) is 16.8 Å². The molecule has 18 heavy (non-hydrogen) atoms. The van der Waals surface area contributed by atoms with Crippen LogP contribution < -0.4 is 10.6 Å². The van der Waals surface area contributed by atoms with Crippen molar-refractivity contribution in [1.29, 1.82) is 0 Å². The molecule has 2 heterocycles. The highest BCUT2D eigenvalue weighted by atomic mass is 16.4. The van der Waals surface area contributed by atoms with Gasteiger partial charge in [-0.05, 0) is 25.5 Å². The Morgan fingerprint density at radius 1 is 1.61 bits per heavy atom. The number of anilines is 1. The maximum atomic E-state index is 9.17. The molecule has 0 amide bonds. The van der Waals surface area contributed by atoms with Crippen molar-refractivity contribution in [3.05, 3.63) is 23.4 Å². The van der Waals surface area contributed by atoms with Crippen LogP contribution in [-0.2, 0) is 0 Å². The molecule has 6 heteroatoms. The number of aliphatic hydroxyl groups is 1. The first-order valence-corrected chi connectivity index (χ1v) is 5.97. The van der Waals surface area contributed by atoms with Gasteiger partial charge in [-0.3, -0.25) is 0 Å². The maximum Gasteiger partial charge on any atom is 0.173 e. The van der Waals surface area contributed by atoms with Gasteiger partial charge in [0.1, 0.15) is 5.82 Å². The summed E-state index contributed by atoms with van der Waals surface area (Å²) in [4.78, 5) is 6.54. The molecular weight excluding hydrogens is 232 g/mol. The van der Waals surface area contributed by atoms with E-state index in [-0.39, 0.29) is 18.4 Å². The first-order chi connectivity index (χ1) is 8.65. The van der Waals surface area contributed by atoms with Crippen molar-refractivity contribution < 1.29 is 10.3 Å². The predicted molar refractivity (Wildman–Crippen MR) is 68.9 cm³/mol. The van der Waals surface area contributed by atoms with Crippen LogP contribution in [0.2, 0.25) is 0 Å². The Balaban J connectivity index is 2.34. The number of rotatable bonds is 3. The number of pyridine rings is 1. The van der Waals surface area contributed by atoms with Crippen molar-refractivity contribution in [2.75, 3.05) is 24.6 Å². The second-order valence-corrected chi connectivity index (χ2v) is 4.59. The number of hydrogen-bond donors (Lipinski definition) is 3. The largest absolute Gasteiger partial charge is 0.409 e. The Hall–Kier alpha value is -1.82. The third-order valence-electron chi connectivity index (χ3n) is 3.24. The summed E-state index contributed by atoms with van der Waals surface area (Å²) in [6.45, 7) is 3.66. The Morgan fingerprint density at radius 2 is 2.39 bits per heavy atom. The summed E-state index contributed by atoms with van der Waals surface area (Å²) in [5, 5.41) is 21.0. The van der Waals surface area contributed by atoms with Crippen LogP contribution in [0, 0.1) is 12.8 Å². The fourth-order valence-corrected chi connectivity index (χ4v) is 2.21. The molecule has 1 atom stereocenters. The first-order valence-electron chi connectivity index (χ1n) is 5.97. The van der Waals surface area contributed by atoms with Gasteiger partial charge >= 0.3 is 0 Å². The molecular formula is C12H18N4O2. The predicted octanol–water partition coefficient (Wildman–Crippen LogP) is 0.303. The fourth-order valence-electron chi connectivity index (χ4n) is 2.21. The van der Waals surface area contributed by atoms with Crippen molar-refractivity contribution in [3.63, 3.8) is 0 Å². The minimum absolute atomic E-state index is 0.0601. The van der Waals surface area contributed by atoms with E-state index >= 15 is 0 Å². The summed E-state index contributed by atoms with van der Waals surface area (Å²) in [5.41, 5.74) is 7.17. The summed E-state index contributed by atoms with van der Waals surface area (Å²) >= 11 is 0. The van der Waals surface area contributed by atoms with E-state index in [0.29, 0.717) is 5.56 Å². The van der Waals surface area contributed by atoms with Gasteiger partial charge in [-0.1, -0.05) is 5.16 Å². The highest BCUT2D eigenvalue weighted by molar-refractivity contribution is 6.01. The molecule has 1 aliphatic heterocycles. The second kappa shape index (κ2) is 5.22. The summed E-state index contributed by atoms with van der Waals surface area (Å²) in [5.74, 6) is 1.05. The van der Waals surface area contributed by atoms with Crippen LogP contribution in [0.1, 0.15) is 17.7 Å². The Kier molecular flexibility index (Phi) is 3.66. The molecule has 1 unspecified atom stereocenters. The quantitative estimate of drug-likeness (QED) is 0.310. The number of nitrogens with two attached hydrogens (primary N) is 1. The third-order valence-corrected chi connectivity index (χ3v) is 3.24. The molecule has 0 bridgehead atoms. The van der Waals surface area contributed by atoms with Crippen molar-refractivity contribution in [2.45, 2.75) is 13.3 Å². The van der Waals surface area contributed by atoms with E-state index in [1.807, 2.05) is 13.0 Å². The van der Waals surface area contributed by atoms with Crippen LogP contribution in [0.5, 0.6) is 0 Å². The van der Waals surface area contributed by atoms with Gasteiger partial charge in [-0.2, -0.15) is 0 Å². The molecule has 0 radical (unpaired) electrons. The van der Waals surface area contributed by atoms with Crippen LogP contribution >= 0.6 is 0 Å². The number of hydrogen-bond acceptors (Lipinski definition) is 5. The fraction of sp³-hybridized carbons (Fsp3) is 0.500. The summed E-state index contributed by atoms with van der Waals surface area (Å²) in [6.07, 6.45) is 0.932. The highest BCUT2D eigenvalue weighted by Crippen LogP contribution is 2.25. The van der Waals surface area contributed by atoms with Gasteiger partial charge in [0.2, 0.25) is 0 Å². The normalized spacial score (nSPS) is 20.4. The zero-order chi connectivity index (χ0) is 13.1. The molecule has 98 valence electrons. The van der Waals surface area contributed by atoms with Crippen LogP contribution in [0.3, 0.4) is 0 Å². The minimum atomic E-state index is 0.0601. The van der Waals surface area contributed by atoms with E-state index in [1.54, 1.807) is 6.07 Å². The monoisotopic (exact) mass is 250 g/mol. The third kappa shape index (κ3) is 2.38. The van der Waals surface area contributed by atoms with Gasteiger partial charge in [0, 0.05) is 31.3 Å². The van der Waals surface area contributed by atoms with Crippen molar-refractivity contribution >= 4 is 11.7 Å². The van der Waals surface area contributed by atoms with E-state index < -0.39 is 0 Å². The lowest BCUT2D eigenvalue weighted by atomic mass is 10.1. The molecule has 1 aromatic heterocycles. The van der Waals surface area contributed by atoms with Crippen molar-refractivity contribution in [3.8, 4) is 0 Å². The van der Waals surface area contributed by atoms with Crippen molar-refractivity contribution in [1.82, 2.24) is 4.98 Å². The topological polar surface area (TPSA) is 95.0 Å². The lowest BCUT2D eigenvalue weighted by Crippen LogP contribution is -2.26. The summed E-state index contributed by atoms with van der Waals surface area (Å²) in [7, 11) is 0. The van der Waals surface area contributed by atoms with Crippen LogP contribution in [-0.4, -0.2) is 40.8 Å². The molecule has 6 nitrogen and oxygen atoms in total. The van der Waals surface area contributed by atoms with E-state index in [4.69, 9.17) is 10.9 Å². The van der Waals surface area contributed by atoms with E-state index in [0.717, 1.165) is 31.0 Å². The average molecular weight is 250 g/mol. The number of oxime groups is 1. The molecule has 1 fully saturated rings. The van der Waals surface area contributed by atoms with Crippen LogP contribution in [0.4, 0.5) is 5.82 Å². The Morgan fingerprint density at radius 3 is 3.00 bits per heavy atom. The lowest BCUT2D eigenvalue weighted by molar-refractivity contribution is 0.238. The SMILES string of the molecule is Cc1ccc(/C(N)=N/O)c(N2CCC(CO)C2)n1. The lowest BCUT2D eigenvalue weighted by Gasteiger charge is -2.20. The number of aliphatic hydroxyl groups excluding tert-OH is 1. The summed E-state index contributed by atoms with van der Waals surface area (Å²) < 4.78 is 0. The van der Waals surface area contributed by atoms with E-state index in [2.05, 4.69) is 15.0 Å². The standard InChI is InChI=1S/C12H18N4O2/c1-8-2-3-10(11(13)15-18)12(14-8)16-5-4-9(6-16)7-17/h2-3,9,17-18H,4-7H2,1H3,(H2,13,15). The smallest absolute Gasteiger partial charge is 0.173 e. The molecule has 0 aliphatic carbocycles. The molecule has 1 aromatic rings. The highest BCUT2D eigenvalue weighted by Gasteiger charge is 2.25. The van der Waals surface area contributed by atoms with E-state index in [9.17, 15) is 5.11 Å². The van der Waals surface area contributed by atoms with Gasteiger partial charge in [0.15, 0.2) is 5.84 Å². The molecule has 2 rings (SSSR count). The van der Waals surface area contributed by atoms with Gasteiger partial charge in [-0.25, -0.2) is 4.98 Å². The molecule has 0 aromatic carbocycles. The minimum Gasteiger partial charge on any atom is -0.409 e. The zero-order valence-electron chi connectivity index (χ0n) is 10.4. The Bertz CT molecular complexity index is 461. The van der Waals surface area contributed by atoms with Gasteiger partial charge in [0.05, 0.1) is 5.56 Å². The average Bonchev–Trinajstić information content (AvgIpc) is 2.86. The molecule has 0 spiro atoms. The second-order valence-electron chi connectivity index (χ2n) is 4.59. The maximum absolute atomic E-state index is 9.17. The first kappa shape index (κ1) is 12.6.